The van der Waals surface area contributed by atoms with Crippen LogP contribution in [0, 0.1) is 0 Å². The van der Waals surface area contributed by atoms with E-state index in [4.69, 9.17) is 23.2 Å². The van der Waals surface area contributed by atoms with Gasteiger partial charge in [0.15, 0.2) is 0 Å². The average molecular weight is 370 g/mol. The second-order valence-corrected chi connectivity index (χ2v) is 5.21. The molecule has 0 bridgehead atoms. The molecular weight excluding hydrogens is 361 g/mol. The number of carbonyl (C=O) groups excluding carboxylic acids is 1. The van der Waals surface area contributed by atoms with Gasteiger partial charge in [0, 0.05) is 0 Å². The second-order valence-electron chi connectivity index (χ2n) is 4.40. The molecule has 1 aromatic carbocycles. The Morgan fingerprint density at radius 3 is 2.30 bits per heavy atom. The highest BCUT2D eigenvalue weighted by Crippen LogP contribution is 2.30. The first-order valence-electron chi connectivity index (χ1n) is 6.17. The molecule has 23 heavy (non-hydrogen) atoms. The van der Waals surface area contributed by atoms with Gasteiger partial charge in [-0.2, -0.15) is 5.10 Å². The third kappa shape index (κ3) is 4.14. The van der Waals surface area contributed by atoms with E-state index in [9.17, 15) is 22.4 Å². The van der Waals surface area contributed by atoms with E-state index >= 15 is 0 Å². The van der Waals surface area contributed by atoms with Gasteiger partial charge < -0.3 is 5.32 Å². The number of amides is 1. The minimum Gasteiger partial charge on any atom is -0.322 e. The van der Waals surface area contributed by atoms with Crippen molar-refractivity contribution in [1.82, 2.24) is 9.78 Å². The quantitative estimate of drug-likeness (QED) is 0.776. The molecular formula is C13H9Cl2F4N3O. The van der Waals surface area contributed by atoms with Gasteiger partial charge >= 0.3 is 0 Å². The fraction of sp³-hybridized carbons (Fsp3) is 0.231. The Bertz CT molecular complexity index is 701. The van der Waals surface area contributed by atoms with E-state index in [0.717, 1.165) is 0 Å². The Kier molecular flexibility index (Phi) is 5.48. The molecule has 0 aliphatic rings. The van der Waals surface area contributed by atoms with E-state index in [0.29, 0.717) is 10.7 Å². The SMILES string of the molecule is O=C(Cn1nc(C(F)F)cc1C(F)F)Nc1c(Cl)cccc1Cl. The van der Waals surface area contributed by atoms with Crippen molar-refractivity contribution in [2.75, 3.05) is 5.32 Å². The zero-order chi connectivity index (χ0) is 17.1. The van der Waals surface area contributed by atoms with Gasteiger partial charge in [-0.1, -0.05) is 29.3 Å². The Balaban J connectivity index is 2.20. The molecule has 0 atom stereocenters. The first kappa shape index (κ1) is 17.6. The van der Waals surface area contributed by atoms with Gasteiger partial charge in [-0.25, -0.2) is 17.6 Å². The Labute approximate surface area is 138 Å². The maximum absolute atomic E-state index is 12.8. The summed E-state index contributed by atoms with van der Waals surface area (Å²) in [5, 5.41) is 5.95. The van der Waals surface area contributed by atoms with Gasteiger partial charge in [0.05, 0.1) is 15.7 Å². The van der Waals surface area contributed by atoms with Crippen molar-refractivity contribution in [2.24, 2.45) is 0 Å². The van der Waals surface area contributed by atoms with Crippen LogP contribution >= 0.6 is 23.2 Å². The first-order valence-corrected chi connectivity index (χ1v) is 6.93. The molecule has 0 aliphatic heterocycles. The Morgan fingerprint density at radius 1 is 1.17 bits per heavy atom. The Hall–Kier alpha value is -1.80. The van der Waals surface area contributed by atoms with E-state index in [1.165, 1.54) is 12.1 Å². The monoisotopic (exact) mass is 369 g/mol. The number of nitrogens with one attached hydrogen (secondary N) is 1. The van der Waals surface area contributed by atoms with E-state index in [1.807, 2.05) is 0 Å². The van der Waals surface area contributed by atoms with Gasteiger partial charge in [0.2, 0.25) is 5.91 Å². The van der Waals surface area contributed by atoms with Crippen LogP contribution in [0.1, 0.15) is 24.2 Å². The molecule has 4 nitrogen and oxygen atoms in total. The van der Waals surface area contributed by atoms with Crippen LogP contribution in [0.4, 0.5) is 23.2 Å². The lowest BCUT2D eigenvalue weighted by molar-refractivity contribution is -0.117. The summed E-state index contributed by atoms with van der Waals surface area (Å²) in [6.07, 6.45) is -6.07. The number of nitrogens with zero attached hydrogens (tertiary/aromatic N) is 2. The third-order valence-electron chi connectivity index (χ3n) is 2.80. The van der Waals surface area contributed by atoms with Crippen LogP contribution in [-0.2, 0) is 11.3 Å². The number of anilines is 1. The first-order chi connectivity index (χ1) is 10.8. The zero-order valence-corrected chi connectivity index (χ0v) is 12.8. The van der Waals surface area contributed by atoms with Crippen LogP contribution in [0.5, 0.6) is 0 Å². The topological polar surface area (TPSA) is 46.9 Å². The van der Waals surface area contributed by atoms with Crippen molar-refractivity contribution in [2.45, 2.75) is 19.4 Å². The van der Waals surface area contributed by atoms with Crippen LogP contribution in [0.15, 0.2) is 24.3 Å². The van der Waals surface area contributed by atoms with Crippen molar-refractivity contribution in [1.29, 1.82) is 0 Å². The second kappa shape index (κ2) is 7.18. The van der Waals surface area contributed by atoms with Crippen LogP contribution in [-0.4, -0.2) is 15.7 Å². The van der Waals surface area contributed by atoms with Crippen LogP contribution in [0.2, 0.25) is 10.0 Å². The highest BCUT2D eigenvalue weighted by atomic mass is 35.5. The van der Waals surface area contributed by atoms with Gasteiger partial charge in [-0.15, -0.1) is 0 Å². The van der Waals surface area contributed by atoms with E-state index in [-0.39, 0.29) is 15.7 Å². The van der Waals surface area contributed by atoms with Crippen molar-refractivity contribution < 1.29 is 22.4 Å². The molecule has 0 fully saturated rings. The normalized spacial score (nSPS) is 11.3. The van der Waals surface area contributed by atoms with Crippen LogP contribution in [0.3, 0.4) is 0 Å². The molecule has 0 spiro atoms. The minimum absolute atomic E-state index is 0.0978. The lowest BCUT2D eigenvalue weighted by atomic mass is 10.3. The summed E-state index contributed by atoms with van der Waals surface area (Å²) in [4.78, 5) is 11.9. The molecule has 1 amide bonds. The van der Waals surface area contributed by atoms with Gasteiger partial charge in [-0.3, -0.25) is 9.48 Å². The molecule has 2 rings (SSSR count). The fourth-order valence-electron chi connectivity index (χ4n) is 1.79. The molecule has 0 unspecified atom stereocenters. The van der Waals surface area contributed by atoms with E-state index < -0.39 is 36.7 Å². The lowest BCUT2D eigenvalue weighted by Crippen LogP contribution is -2.21. The number of alkyl halides is 4. The number of carbonyl (C=O) groups is 1. The predicted octanol–water partition coefficient (Wildman–Crippen LogP) is 4.70. The van der Waals surface area contributed by atoms with Crippen molar-refractivity contribution in [3.8, 4) is 0 Å². The van der Waals surface area contributed by atoms with Crippen molar-refractivity contribution >= 4 is 34.8 Å². The zero-order valence-electron chi connectivity index (χ0n) is 11.2. The average Bonchev–Trinajstić information content (AvgIpc) is 2.87. The molecule has 0 saturated heterocycles. The number of hydrogen-bond donors (Lipinski definition) is 1. The molecule has 1 N–H and O–H groups in total. The Morgan fingerprint density at radius 2 is 1.78 bits per heavy atom. The smallest absolute Gasteiger partial charge is 0.282 e. The minimum atomic E-state index is -3.05. The fourth-order valence-corrected chi connectivity index (χ4v) is 2.29. The summed E-state index contributed by atoms with van der Waals surface area (Å²) in [5.74, 6) is -0.786. The molecule has 124 valence electrons. The molecule has 1 heterocycles. The maximum Gasteiger partial charge on any atom is 0.282 e. The number of hydrogen-bond acceptors (Lipinski definition) is 2. The standard InChI is InChI=1S/C13H9Cl2F4N3O/c14-6-2-1-3-7(15)11(6)20-10(23)5-22-9(13(18)19)4-8(21-22)12(16)17/h1-4,12-13H,5H2,(H,20,23). The number of halogens is 6. The molecule has 0 saturated carbocycles. The van der Waals surface area contributed by atoms with Gasteiger partial charge in [0.1, 0.15) is 17.9 Å². The summed E-state index contributed by atoms with van der Waals surface area (Å²) >= 11 is 11.7. The highest BCUT2D eigenvalue weighted by Gasteiger charge is 2.22. The predicted molar refractivity (Wildman–Crippen MR) is 77.2 cm³/mol. The van der Waals surface area contributed by atoms with Crippen molar-refractivity contribution in [3.63, 3.8) is 0 Å². The number of aromatic nitrogens is 2. The summed E-state index contributed by atoms with van der Waals surface area (Å²) < 4.78 is 51.3. The number of benzene rings is 1. The van der Waals surface area contributed by atoms with Crippen LogP contribution in [0.25, 0.3) is 0 Å². The largest absolute Gasteiger partial charge is 0.322 e. The highest BCUT2D eigenvalue weighted by molar-refractivity contribution is 6.39. The van der Waals surface area contributed by atoms with Crippen molar-refractivity contribution in [3.05, 3.63) is 45.7 Å². The molecule has 0 radical (unpaired) electrons. The van der Waals surface area contributed by atoms with Gasteiger partial charge in [0.25, 0.3) is 12.9 Å². The summed E-state index contributed by atoms with van der Waals surface area (Å²) in [6, 6.07) is 5.05. The third-order valence-corrected chi connectivity index (χ3v) is 3.43. The summed E-state index contributed by atoms with van der Waals surface area (Å²) in [7, 11) is 0. The molecule has 2 aromatic rings. The lowest BCUT2D eigenvalue weighted by Gasteiger charge is -2.10. The molecule has 0 aliphatic carbocycles. The molecule has 1 aromatic heterocycles. The number of rotatable bonds is 5. The van der Waals surface area contributed by atoms with E-state index in [2.05, 4.69) is 10.4 Å². The van der Waals surface area contributed by atoms with Gasteiger partial charge in [-0.05, 0) is 18.2 Å². The summed E-state index contributed by atoms with van der Waals surface area (Å²) in [6.45, 7) is -0.687. The molecule has 10 heteroatoms. The maximum atomic E-state index is 12.8. The van der Waals surface area contributed by atoms with E-state index in [1.54, 1.807) is 6.07 Å². The summed E-state index contributed by atoms with van der Waals surface area (Å²) in [5.41, 5.74) is -1.51. The number of para-hydroxylation sites is 1. The van der Waals surface area contributed by atoms with Crippen LogP contribution < -0.4 is 5.32 Å².